The van der Waals surface area contributed by atoms with Crippen molar-refractivity contribution in [2.45, 2.75) is 19.6 Å². The third-order valence-corrected chi connectivity index (χ3v) is 5.69. The number of esters is 1. The molecule has 0 saturated carbocycles. The predicted octanol–water partition coefficient (Wildman–Crippen LogP) is 3.82. The van der Waals surface area contributed by atoms with Gasteiger partial charge in [0.05, 0.1) is 40.6 Å². The summed E-state index contributed by atoms with van der Waals surface area (Å²) >= 11 is 0. The van der Waals surface area contributed by atoms with E-state index in [-0.39, 0.29) is 30.4 Å². The summed E-state index contributed by atoms with van der Waals surface area (Å²) in [4.78, 5) is 37.5. The Morgan fingerprint density at radius 1 is 0.949 bits per heavy atom. The van der Waals surface area contributed by atoms with Crippen molar-refractivity contribution in [2.24, 2.45) is 0 Å². The first-order chi connectivity index (χ1) is 18.9. The van der Waals surface area contributed by atoms with Crippen molar-refractivity contribution < 1.29 is 23.9 Å². The number of nitrogens with zero attached hydrogens (tertiary/aromatic N) is 2. The second-order valence-electron chi connectivity index (χ2n) is 8.55. The highest BCUT2D eigenvalue weighted by atomic mass is 16.5. The van der Waals surface area contributed by atoms with Crippen LogP contribution in [-0.2, 0) is 20.9 Å². The zero-order chi connectivity index (χ0) is 27.8. The monoisotopic (exact) mass is 521 g/mol. The summed E-state index contributed by atoms with van der Waals surface area (Å²) < 4.78 is 11.5. The molecule has 0 aromatic heterocycles. The minimum Gasteiger partial charge on any atom is -0.487 e. The summed E-state index contributed by atoms with van der Waals surface area (Å²) in [5.41, 5.74) is 2.70. The Labute approximate surface area is 224 Å². The molecule has 4 rings (SSSR count). The number of hydrogen-bond donors (Lipinski definition) is 3. The van der Waals surface area contributed by atoms with Gasteiger partial charge in [0.2, 0.25) is 5.91 Å². The number of nitrogens with one attached hydrogen (secondary N) is 3. The zero-order valence-corrected chi connectivity index (χ0v) is 20.9. The van der Waals surface area contributed by atoms with Crippen molar-refractivity contribution in [3.8, 4) is 17.9 Å². The van der Waals surface area contributed by atoms with Crippen LogP contribution in [-0.4, -0.2) is 24.5 Å². The molecule has 3 N–H and O–H groups in total. The third-order valence-electron chi connectivity index (χ3n) is 5.69. The van der Waals surface area contributed by atoms with Gasteiger partial charge in [-0.25, -0.2) is 9.59 Å². The molecule has 194 valence electrons. The lowest BCUT2D eigenvalue weighted by Gasteiger charge is -2.29. The van der Waals surface area contributed by atoms with Crippen molar-refractivity contribution in [1.82, 2.24) is 10.6 Å². The minimum absolute atomic E-state index is 0.0964. The molecule has 10 nitrogen and oxygen atoms in total. The number of anilines is 1. The van der Waals surface area contributed by atoms with Crippen LogP contribution in [0.1, 0.15) is 35.2 Å². The number of carbonyl (C=O) groups excluding carboxylic acids is 3. The van der Waals surface area contributed by atoms with Gasteiger partial charge in [0.15, 0.2) is 0 Å². The Bertz CT molecular complexity index is 1550. The molecule has 1 atom stereocenters. The molecule has 0 spiro atoms. The van der Waals surface area contributed by atoms with Gasteiger partial charge in [-0.15, -0.1) is 0 Å². The van der Waals surface area contributed by atoms with Crippen molar-refractivity contribution in [3.63, 3.8) is 0 Å². The Morgan fingerprint density at radius 3 is 2.41 bits per heavy atom. The zero-order valence-electron chi connectivity index (χ0n) is 20.9. The fourth-order valence-electron chi connectivity index (χ4n) is 3.99. The number of carbonyl (C=O) groups is 3. The lowest BCUT2D eigenvalue weighted by atomic mass is 9.94. The van der Waals surface area contributed by atoms with E-state index in [1.165, 1.54) is 6.92 Å². The van der Waals surface area contributed by atoms with E-state index in [2.05, 4.69) is 22.0 Å². The molecule has 0 aliphatic carbocycles. The van der Waals surface area contributed by atoms with Crippen LogP contribution in [0.15, 0.2) is 84.1 Å². The van der Waals surface area contributed by atoms with Crippen molar-refractivity contribution >= 4 is 23.6 Å². The topological polar surface area (TPSA) is 153 Å². The molecular weight excluding hydrogens is 498 g/mol. The summed E-state index contributed by atoms with van der Waals surface area (Å²) in [6, 6.07) is 22.5. The first-order valence-electron chi connectivity index (χ1n) is 11.8. The normalized spacial score (nSPS) is 14.2. The Hall–Kier alpha value is -5.61. The van der Waals surface area contributed by atoms with Gasteiger partial charge in [0, 0.05) is 18.7 Å². The number of benzene rings is 3. The molecule has 10 heteroatoms. The van der Waals surface area contributed by atoms with Gasteiger partial charge in [-0.1, -0.05) is 30.3 Å². The highest BCUT2D eigenvalue weighted by Gasteiger charge is 2.34. The van der Waals surface area contributed by atoms with E-state index in [0.717, 1.165) is 0 Å². The maximum absolute atomic E-state index is 13.5. The fraction of sp³-hybridized carbons (Fsp3) is 0.138. The summed E-state index contributed by atoms with van der Waals surface area (Å²) in [5.74, 6) is -0.568. The van der Waals surface area contributed by atoms with Gasteiger partial charge < -0.3 is 25.4 Å². The van der Waals surface area contributed by atoms with Gasteiger partial charge in [0.25, 0.3) is 0 Å². The van der Waals surface area contributed by atoms with E-state index in [1.54, 1.807) is 72.8 Å². The first-order valence-corrected chi connectivity index (χ1v) is 11.8. The van der Waals surface area contributed by atoms with Gasteiger partial charge >= 0.3 is 12.0 Å². The minimum atomic E-state index is -0.922. The highest BCUT2D eigenvalue weighted by molar-refractivity contribution is 5.95. The van der Waals surface area contributed by atoms with Gasteiger partial charge in [0.1, 0.15) is 19.0 Å². The molecule has 3 amide bonds. The van der Waals surface area contributed by atoms with Gasteiger partial charge in [-0.05, 0) is 47.5 Å². The molecule has 1 heterocycles. The fourth-order valence-corrected chi connectivity index (χ4v) is 3.99. The second kappa shape index (κ2) is 12.1. The lowest BCUT2D eigenvalue weighted by molar-refractivity contribution is -0.140. The number of hydrogen-bond acceptors (Lipinski definition) is 7. The smallest absolute Gasteiger partial charge is 0.338 e. The van der Waals surface area contributed by atoms with Crippen molar-refractivity contribution in [2.75, 3.05) is 11.9 Å². The Balaban J connectivity index is 1.66. The predicted molar refractivity (Wildman–Crippen MR) is 140 cm³/mol. The SMILES string of the molecule is CC(=O)Nc1cccc(OCC2=C(C(=O)OCc3cccc(C#N)c3)C(c3cccc(C#N)c3)NC(=O)N2)c1. The summed E-state index contributed by atoms with van der Waals surface area (Å²) in [6.07, 6.45) is 0. The second-order valence-corrected chi connectivity index (χ2v) is 8.55. The molecule has 1 unspecified atom stereocenters. The van der Waals surface area contributed by atoms with Gasteiger partial charge in [-0.3, -0.25) is 4.79 Å². The summed E-state index contributed by atoms with van der Waals surface area (Å²) in [5, 5.41) is 26.5. The van der Waals surface area contributed by atoms with Crippen LogP contribution < -0.4 is 20.7 Å². The van der Waals surface area contributed by atoms with E-state index in [4.69, 9.17) is 14.7 Å². The molecule has 3 aromatic rings. The molecule has 39 heavy (non-hydrogen) atoms. The maximum atomic E-state index is 13.5. The molecule has 1 aliphatic rings. The Morgan fingerprint density at radius 2 is 1.67 bits per heavy atom. The molecule has 1 aliphatic heterocycles. The van der Waals surface area contributed by atoms with Crippen LogP contribution in [0.3, 0.4) is 0 Å². The largest absolute Gasteiger partial charge is 0.487 e. The number of nitriles is 2. The van der Waals surface area contributed by atoms with Crippen molar-refractivity contribution in [1.29, 1.82) is 10.5 Å². The Kier molecular flexibility index (Phi) is 8.20. The number of ether oxygens (including phenoxy) is 2. The standard InChI is InChI=1S/C29H23N5O5/c1-18(35)32-23-9-4-10-24(13-23)38-17-25-26(28(36)39-16-21-7-2-5-19(11-21)14-30)27(34-29(37)33-25)22-8-3-6-20(12-22)15-31/h2-13,27H,16-17H2,1H3,(H,32,35)(H2,33,34,37). The van der Waals surface area contributed by atoms with Crippen LogP contribution in [0.4, 0.5) is 10.5 Å². The quantitative estimate of drug-likeness (QED) is 0.381. The number of amides is 3. The number of urea groups is 1. The van der Waals surface area contributed by atoms with E-state index >= 15 is 0 Å². The van der Waals surface area contributed by atoms with Crippen molar-refractivity contribution in [3.05, 3.63) is 106 Å². The van der Waals surface area contributed by atoms with Crippen LogP contribution in [0, 0.1) is 22.7 Å². The average molecular weight is 522 g/mol. The average Bonchev–Trinajstić information content (AvgIpc) is 2.94. The molecule has 3 aromatic carbocycles. The molecule has 0 saturated heterocycles. The van der Waals surface area contributed by atoms with E-state index < -0.39 is 18.0 Å². The van der Waals surface area contributed by atoms with Crippen LogP contribution >= 0.6 is 0 Å². The number of rotatable bonds is 8. The van der Waals surface area contributed by atoms with Crippen LogP contribution in [0.5, 0.6) is 5.75 Å². The summed E-state index contributed by atoms with van der Waals surface area (Å²) in [7, 11) is 0. The lowest BCUT2D eigenvalue weighted by Crippen LogP contribution is -2.47. The van der Waals surface area contributed by atoms with E-state index in [1.807, 2.05) is 6.07 Å². The van der Waals surface area contributed by atoms with Crippen LogP contribution in [0.25, 0.3) is 0 Å². The third kappa shape index (κ3) is 6.79. The molecule has 0 radical (unpaired) electrons. The van der Waals surface area contributed by atoms with E-state index in [9.17, 15) is 19.6 Å². The molecule has 0 bridgehead atoms. The maximum Gasteiger partial charge on any atom is 0.338 e. The van der Waals surface area contributed by atoms with Crippen LogP contribution in [0.2, 0.25) is 0 Å². The van der Waals surface area contributed by atoms with E-state index in [0.29, 0.717) is 33.7 Å². The highest BCUT2D eigenvalue weighted by Crippen LogP contribution is 2.29. The van der Waals surface area contributed by atoms with Gasteiger partial charge in [-0.2, -0.15) is 10.5 Å². The summed E-state index contributed by atoms with van der Waals surface area (Å²) in [6.45, 7) is 1.09. The molecular formula is C29H23N5O5. The molecule has 0 fully saturated rings. The first kappa shape index (κ1) is 26.5.